The van der Waals surface area contributed by atoms with E-state index in [0.29, 0.717) is 0 Å². The highest BCUT2D eigenvalue weighted by molar-refractivity contribution is 14.1. The van der Waals surface area contributed by atoms with E-state index in [4.69, 9.17) is 0 Å². The van der Waals surface area contributed by atoms with Gasteiger partial charge in [0.15, 0.2) is 0 Å². The number of allylic oxidation sites excluding steroid dienone is 1. The zero-order chi connectivity index (χ0) is 7.33. The lowest BCUT2D eigenvalue weighted by atomic mass is 10.7. The lowest BCUT2D eigenvalue weighted by molar-refractivity contribution is 1.81. The van der Waals surface area contributed by atoms with Crippen LogP contribution < -0.4 is 0 Å². The van der Waals surface area contributed by atoms with Gasteiger partial charge in [-0.1, -0.05) is 48.2 Å². The molecule has 0 heterocycles. The first-order chi connectivity index (χ1) is 4.06. The van der Waals surface area contributed by atoms with Crippen LogP contribution in [0.4, 0.5) is 0 Å². The van der Waals surface area contributed by atoms with E-state index in [-0.39, 0.29) is 0 Å². The van der Waals surface area contributed by atoms with Gasteiger partial charge in [0.1, 0.15) is 8.07 Å². The first kappa shape index (κ1) is 9.25. The third-order valence-corrected chi connectivity index (χ3v) is 1.85. The molecule has 0 amide bonds. The van der Waals surface area contributed by atoms with Gasteiger partial charge in [-0.15, -0.1) is 5.54 Å². The van der Waals surface area contributed by atoms with Gasteiger partial charge in [0.2, 0.25) is 0 Å². The standard InChI is InChI=1S/C7H11ISi/c1-9(2,3)7-5-4-6-8/h4,6H,1-3H3. The third-order valence-electron chi connectivity index (χ3n) is 0.593. The molecule has 0 nitrogen and oxygen atoms in total. The quantitative estimate of drug-likeness (QED) is 0.352. The van der Waals surface area contributed by atoms with Crippen LogP contribution in [0.5, 0.6) is 0 Å². The molecule has 0 rings (SSSR count). The van der Waals surface area contributed by atoms with Gasteiger partial charge >= 0.3 is 0 Å². The van der Waals surface area contributed by atoms with Crippen molar-refractivity contribution >= 4 is 30.7 Å². The lowest BCUT2D eigenvalue weighted by Gasteiger charge is -2.01. The Kier molecular flexibility index (Phi) is 4.24. The zero-order valence-corrected chi connectivity index (χ0v) is 9.19. The molecule has 0 fully saturated rings. The van der Waals surface area contributed by atoms with Crippen LogP contribution in [0.1, 0.15) is 0 Å². The second-order valence-electron chi connectivity index (χ2n) is 2.81. The smallest absolute Gasteiger partial charge is 0.127 e. The first-order valence-electron chi connectivity index (χ1n) is 2.84. The molecule has 0 atom stereocenters. The van der Waals surface area contributed by atoms with Crippen molar-refractivity contribution in [3.63, 3.8) is 0 Å². The van der Waals surface area contributed by atoms with E-state index in [2.05, 4.69) is 53.7 Å². The number of rotatable bonds is 0. The minimum absolute atomic E-state index is 1.11. The van der Waals surface area contributed by atoms with Crippen molar-refractivity contribution in [1.29, 1.82) is 0 Å². The highest BCUT2D eigenvalue weighted by Gasteiger charge is 2.06. The van der Waals surface area contributed by atoms with Crippen LogP contribution in [-0.4, -0.2) is 8.07 Å². The van der Waals surface area contributed by atoms with Crippen LogP contribution in [0.3, 0.4) is 0 Å². The SMILES string of the molecule is C[Si](C)(C)C#CC=CI. The molecule has 0 unspecified atom stereocenters. The fraction of sp³-hybridized carbons (Fsp3) is 0.429. The molecule has 0 aromatic carbocycles. The van der Waals surface area contributed by atoms with Crippen molar-refractivity contribution in [3.8, 4) is 11.5 Å². The molecule has 0 radical (unpaired) electrons. The van der Waals surface area contributed by atoms with Gasteiger partial charge < -0.3 is 0 Å². The van der Waals surface area contributed by atoms with Crippen molar-refractivity contribution in [1.82, 2.24) is 0 Å². The maximum atomic E-state index is 3.22. The molecule has 0 aliphatic carbocycles. The normalized spacial score (nSPS) is 11.1. The van der Waals surface area contributed by atoms with Gasteiger partial charge in [-0.25, -0.2) is 0 Å². The number of hydrogen-bond donors (Lipinski definition) is 0. The van der Waals surface area contributed by atoms with Crippen molar-refractivity contribution < 1.29 is 0 Å². The van der Waals surface area contributed by atoms with Gasteiger partial charge in [-0.05, 0) is 10.2 Å². The van der Waals surface area contributed by atoms with Crippen molar-refractivity contribution in [2.75, 3.05) is 0 Å². The predicted molar refractivity (Wildman–Crippen MR) is 54.3 cm³/mol. The van der Waals surface area contributed by atoms with Gasteiger partial charge in [0.05, 0.1) is 0 Å². The van der Waals surface area contributed by atoms with Crippen LogP contribution in [0.15, 0.2) is 10.2 Å². The van der Waals surface area contributed by atoms with E-state index >= 15 is 0 Å². The Hall–Kier alpha value is 0.247. The topological polar surface area (TPSA) is 0 Å². The highest BCUT2D eigenvalue weighted by atomic mass is 127. The molecular weight excluding hydrogens is 239 g/mol. The number of halogens is 1. The molecule has 0 saturated heterocycles. The fourth-order valence-corrected chi connectivity index (χ4v) is 0.986. The minimum atomic E-state index is -1.11. The average molecular weight is 250 g/mol. The van der Waals surface area contributed by atoms with Crippen LogP contribution in [0, 0.1) is 11.5 Å². The average Bonchev–Trinajstić information content (AvgIpc) is 1.63. The van der Waals surface area contributed by atoms with E-state index in [1.54, 1.807) is 0 Å². The van der Waals surface area contributed by atoms with Gasteiger partial charge in [0, 0.05) is 0 Å². The molecule has 0 aromatic rings. The second kappa shape index (κ2) is 4.12. The zero-order valence-electron chi connectivity index (χ0n) is 6.03. The van der Waals surface area contributed by atoms with Crippen molar-refractivity contribution in [3.05, 3.63) is 10.2 Å². The molecule has 0 spiro atoms. The first-order valence-corrected chi connectivity index (χ1v) is 7.59. The fourth-order valence-electron chi connectivity index (χ4n) is 0.290. The molecule has 2 heteroatoms. The van der Waals surface area contributed by atoms with Crippen molar-refractivity contribution in [2.24, 2.45) is 0 Å². The summed E-state index contributed by atoms with van der Waals surface area (Å²) in [5.74, 6) is 3.00. The maximum absolute atomic E-state index is 3.22. The summed E-state index contributed by atoms with van der Waals surface area (Å²) in [5.41, 5.74) is 3.22. The Morgan fingerprint density at radius 1 is 1.33 bits per heavy atom. The van der Waals surface area contributed by atoms with E-state index in [1.165, 1.54) is 0 Å². The summed E-state index contributed by atoms with van der Waals surface area (Å²) in [5, 5.41) is 0. The molecular formula is C7H11ISi. The van der Waals surface area contributed by atoms with Crippen LogP contribution in [-0.2, 0) is 0 Å². The van der Waals surface area contributed by atoms with E-state index in [9.17, 15) is 0 Å². The van der Waals surface area contributed by atoms with E-state index in [0.717, 1.165) is 0 Å². The summed E-state index contributed by atoms with van der Waals surface area (Å²) >= 11 is 2.17. The monoisotopic (exact) mass is 250 g/mol. The molecule has 0 bridgehead atoms. The summed E-state index contributed by atoms with van der Waals surface area (Å²) < 4.78 is 1.94. The number of hydrogen-bond acceptors (Lipinski definition) is 0. The van der Waals surface area contributed by atoms with Gasteiger partial charge in [0.25, 0.3) is 0 Å². The largest absolute Gasteiger partial charge is 0.129 e. The molecule has 0 saturated carbocycles. The van der Waals surface area contributed by atoms with Crippen molar-refractivity contribution in [2.45, 2.75) is 19.6 Å². The maximum Gasteiger partial charge on any atom is 0.129 e. The summed E-state index contributed by atoms with van der Waals surface area (Å²) in [7, 11) is -1.11. The van der Waals surface area contributed by atoms with Crippen LogP contribution in [0.2, 0.25) is 19.6 Å². The van der Waals surface area contributed by atoms with Crippen LogP contribution in [0.25, 0.3) is 0 Å². The lowest BCUT2D eigenvalue weighted by Crippen LogP contribution is -2.16. The third kappa shape index (κ3) is 8.25. The molecule has 0 aliphatic heterocycles. The molecule has 9 heavy (non-hydrogen) atoms. The Balaban J connectivity index is 3.88. The second-order valence-corrected chi connectivity index (χ2v) is 8.28. The van der Waals surface area contributed by atoms with E-state index < -0.39 is 8.07 Å². The summed E-state index contributed by atoms with van der Waals surface area (Å²) in [6.45, 7) is 6.71. The highest BCUT2D eigenvalue weighted by Crippen LogP contribution is 1.96. The Bertz CT molecular complexity index is 154. The van der Waals surface area contributed by atoms with Crippen LogP contribution >= 0.6 is 22.6 Å². The van der Waals surface area contributed by atoms with Gasteiger partial charge in [-0.3, -0.25) is 0 Å². The molecule has 50 valence electrons. The summed E-state index contributed by atoms with van der Waals surface area (Å²) in [4.78, 5) is 0. The van der Waals surface area contributed by atoms with Gasteiger partial charge in [-0.2, -0.15) is 0 Å². The minimum Gasteiger partial charge on any atom is -0.127 e. The summed E-state index contributed by atoms with van der Waals surface area (Å²) in [6.07, 6.45) is 1.89. The molecule has 0 aliphatic rings. The molecule has 0 aromatic heterocycles. The Morgan fingerprint density at radius 2 is 1.89 bits per heavy atom. The Labute approximate surface area is 71.9 Å². The summed E-state index contributed by atoms with van der Waals surface area (Å²) in [6, 6.07) is 0. The molecule has 0 N–H and O–H groups in total. The Morgan fingerprint density at radius 3 is 2.22 bits per heavy atom. The predicted octanol–water partition coefficient (Wildman–Crippen LogP) is 2.82. The van der Waals surface area contributed by atoms with E-state index in [1.807, 2.05) is 10.2 Å².